The van der Waals surface area contributed by atoms with Crippen molar-refractivity contribution in [2.45, 2.75) is 19.4 Å². The molecule has 2 aromatic rings. The monoisotopic (exact) mass is 239 g/mol. The zero-order chi connectivity index (χ0) is 12.6. The van der Waals surface area contributed by atoms with E-state index in [1.165, 1.54) is 5.56 Å². The molecular formula is C16H17NO. The highest BCUT2D eigenvalue weighted by Gasteiger charge is 2.15. The molecular weight excluding hydrogens is 222 g/mol. The Labute approximate surface area is 108 Å². The van der Waals surface area contributed by atoms with Gasteiger partial charge >= 0.3 is 0 Å². The molecule has 1 N–H and O–H groups in total. The Morgan fingerprint density at radius 2 is 2.00 bits per heavy atom. The van der Waals surface area contributed by atoms with Gasteiger partial charge in [-0.05, 0) is 24.6 Å². The lowest BCUT2D eigenvalue weighted by Gasteiger charge is -2.16. The van der Waals surface area contributed by atoms with Crippen LogP contribution in [0.2, 0.25) is 0 Å². The number of furan rings is 1. The Bertz CT molecular complexity index is 505. The summed E-state index contributed by atoms with van der Waals surface area (Å²) in [7, 11) is 0. The largest absolute Gasteiger partial charge is 0.467 e. The fourth-order valence-electron chi connectivity index (χ4n) is 1.89. The fourth-order valence-corrected chi connectivity index (χ4v) is 1.89. The zero-order valence-electron chi connectivity index (χ0n) is 10.5. The molecule has 1 aromatic carbocycles. The van der Waals surface area contributed by atoms with E-state index in [1.807, 2.05) is 37.3 Å². The SMILES string of the molecule is CC#CCCNC(c1ccccc1)c1ccco1. The van der Waals surface area contributed by atoms with Crippen molar-refractivity contribution >= 4 is 0 Å². The van der Waals surface area contributed by atoms with E-state index in [-0.39, 0.29) is 6.04 Å². The van der Waals surface area contributed by atoms with Gasteiger partial charge in [0.2, 0.25) is 0 Å². The Morgan fingerprint density at radius 3 is 2.67 bits per heavy atom. The molecule has 0 saturated carbocycles. The van der Waals surface area contributed by atoms with E-state index < -0.39 is 0 Å². The van der Waals surface area contributed by atoms with Crippen LogP contribution in [0.4, 0.5) is 0 Å². The summed E-state index contributed by atoms with van der Waals surface area (Å²) in [6, 6.07) is 14.3. The third-order valence-corrected chi connectivity index (χ3v) is 2.74. The van der Waals surface area contributed by atoms with Gasteiger partial charge in [-0.2, -0.15) is 0 Å². The van der Waals surface area contributed by atoms with Gasteiger partial charge in [0.1, 0.15) is 5.76 Å². The van der Waals surface area contributed by atoms with Crippen LogP contribution in [0.1, 0.15) is 30.7 Å². The predicted molar refractivity (Wildman–Crippen MR) is 73.1 cm³/mol. The first-order chi connectivity index (χ1) is 8.92. The summed E-state index contributed by atoms with van der Waals surface area (Å²) >= 11 is 0. The van der Waals surface area contributed by atoms with E-state index in [1.54, 1.807) is 6.26 Å². The van der Waals surface area contributed by atoms with Crippen LogP contribution in [0.25, 0.3) is 0 Å². The van der Waals surface area contributed by atoms with Gasteiger partial charge in [0.05, 0.1) is 12.3 Å². The van der Waals surface area contributed by atoms with Crippen LogP contribution in [0.3, 0.4) is 0 Å². The highest BCUT2D eigenvalue weighted by Crippen LogP contribution is 2.21. The minimum atomic E-state index is 0.0971. The van der Waals surface area contributed by atoms with Crippen LogP contribution in [0, 0.1) is 11.8 Å². The van der Waals surface area contributed by atoms with Crippen molar-refractivity contribution in [2.75, 3.05) is 6.54 Å². The van der Waals surface area contributed by atoms with Crippen LogP contribution in [0.15, 0.2) is 53.1 Å². The van der Waals surface area contributed by atoms with Gasteiger partial charge in [-0.1, -0.05) is 30.3 Å². The topological polar surface area (TPSA) is 25.2 Å². The van der Waals surface area contributed by atoms with E-state index >= 15 is 0 Å². The Balaban J connectivity index is 2.11. The average Bonchev–Trinajstić information content (AvgIpc) is 2.94. The summed E-state index contributed by atoms with van der Waals surface area (Å²) in [5.41, 5.74) is 1.21. The Kier molecular flexibility index (Phi) is 4.63. The molecule has 2 nitrogen and oxygen atoms in total. The van der Waals surface area contributed by atoms with Crippen molar-refractivity contribution in [3.63, 3.8) is 0 Å². The van der Waals surface area contributed by atoms with Crippen molar-refractivity contribution in [1.82, 2.24) is 5.32 Å². The van der Waals surface area contributed by atoms with Gasteiger partial charge in [-0.15, -0.1) is 11.8 Å². The maximum absolute atomic E-state index is 5.51. The van der Waals surface area contributed by atoms with Gasteiger partial charge in [0, 0.05) is 13.0 Å². The standard InChI is InChI=1S/C16H17NO/c1-2-3-7-12-17-16(15-11-8-13-18-15)14-9-5-4-6-10-14/h4-6,8-11,13,16-17H,7,12H2,1H3. The van der Waals surface area contributed by atoms with Crippen LogP contribution in [0.5, 0.6) is 0 Å². The fraction of sp³-hybridized carbons (Fsp3) is 0.250. The van der Waals surface area contributed by atoms with E-state index in [2.05, 4.69) is 29.3 Å². The van der Waals surface area contributed by atoms with Gasteiger partial charge in [-0.3, -0.25) is 0 Å². The molecule has 1 heterocycles. The Morgan fingerprint density at radius 1 is 1.17 bits per heavy atom. The number of benzene rings is 1. The van der Waals surface area contributed by atoms with Crippen LogP contribution in [-0.2, 0) is 0 Å². The lowest BCUT2D eigenvalue weighted by molar-refractivity contribution is 0.449. The lowest BCUT2D eigenvalue weighted by atomic mass is 10.0. The average molecular weight is 239 g/mol. The molecule has 0 aliphatic rings. The second kappa shape index (κ2) is 6.68. The molecule has 18 heavy (non-hydrogen) atoms. The third-order valence-electron chi connectivity index (χ3n) is 2.74. The lowest BCUT2D eigenvalue weighted by Crippen LogP contribution is -2.22. The van der Waals surface area contributed by atoms with Crippen molar-refractivity contribution in [1.29, 1.82) is 0 Å². The Hall–Kier alpha value is -1.98. The molecule has 0 bridgehead atoms. The van der Waals surface area contributed by atoms with Crippen LogP contribution < -0.4 is 5.32 Å². The number of hydrogen-bond donors (Lipinski definition) is 1. The predicted octanol–water partition coefficient (Wildman–Crippen LogP) is 3.37. The zero-order valence-corrected chi connectivity index (χ0v) is 10.5. The summed E-state index contributed by atoms with van der Waals surface area (Å²) in [5.74, 6) is 6.90. The summed E-state index contributed by atoms with van der Waals surface area (Å²) in [6.45, 7) is 2.71. The smallest absolute Gasteiger partial charge is 0.125 e. The highest BCUT2D eigenvalue weighted by atomic mass is 16.3. The van der Waals surface area contributed by atoms with Crippen LogP contribution in [-0.4, -0.2) is 6.54 Å². The molecule has 92 valence electrons. The molecule has 0 amide bonds. The molecule has 2 heteroatoms. The summed E-state index contributed by atoms with van der Waals surface area (Å²) < 4.78 is 5.51. The molecule has 0 spiro atoms. The van der Waals surface area contributed by atoms with Crippen molar-refractivity contribution < 1.29 is 4.42 Å². The molecule has 0 saturated heterocycles. The van der Waals surface area contributed by atoms with E-state index in [0.717, 1.165) is 18.7 Å². The van der Waals surface area contributed by atoms with Gasteiger partial charge in [0.15, 0.2) is 0 Å². The first kappa shape index (κ1) is 12.5. The molecule has 1 aromatic heterocycles. The molecule has 1 unspecified atom stereocenters. The molecule has 0 fully saturated rings. The number of hydrogen-bond acceptors (Lipinski definition) is 2. The minimum absolute atomic E-state index is 0.0971. The van der Waals surface area contributed by atoms with Crippen molar-refractivity contribution in [3.05, 3.63) is 60.1 Å². The maximum atomic E-state index is 5.51. The summed E-state index contributed by atoms with van der Waals surface area (Å²) in [6.07, 6.45) is 2.55. The maximum Gasteiger partial charge on any atom is 0.125 e. The third kappa shape index (κ3) is 3.26. The quantitative estimate of drug-likeness (QED) is 0.639. The van der Waals surface area contributed by atoms with Crippen LogP contribution >= 0.6 is 0 Å². The molecule has 2 rings (SSSR count). The molecule has 0 aliphatic heterocycles. The highest BCUT2D eigenvalue weighted by molar-refractivity contribution is 5.26. The van der Waals surface area contributed by atoms with E-state index in [4.69, 9.17) is 4.42 Å². The summed E-state index contributed by atoms with van der Waals surface area (Å²) in [4.78, 5) is 0. The first-order valence-electron chi connectivity index (χ1n) is 6.13. The van der Waals surface area contributed by atoms with E-state index in [9.17, 15) is 0 Å². The summed E-state index contributed by atoms with van der Waals surface area (Å²) in [5, 5.41) is 3.48. The minimum Gasteiger partial charge on any atom is -0.467 e. The van der Waals surface area contributed by atoms with Crippen molar-refractivity contribution in [3.8, 4) is 11.8 Å². The molecule has 0 aliphatic carbocycles. The van der Waals surface area contributed by atoms with Gasteiger partial charge in [0.25, 0.3) is 0 Å². The normalized spacial score (nSPS) is 11.6. The van der Waals surface area contributed by atoms with E-state index in [0.29, 0.717) is 0 Å². The van der Waals surface area contributed by atoms with Gasteiger partial charge in [-0.25, -0.2) is 0 Å². The first-order valence-corrected chi connectivity index (χ1v) is 6.13. The van der Waals surface area contributed by atoms with Gasteiger partial charge < -0.3 is 9.73 Å². The second-order valence-electron chi connectivity index (χ2n) is 3.99. The molecule has 0 radical (unpaired) electrons. The molecule has 1 atom stereocenters. The second-order valence-corrected chi connectivity index (χ2v) is 3.99. The number of rotatable bonds is 5. The van der Waals surface area contributed by atoms with Crippen molar-refractivity contribution in [2.24, 2.45) is 0 Å². The number of nitrogens with one attached hydrogen (secondary N) is 1.